The van der Waals surface area contributed by atoms with Crippen molar-refractivity contribution in [3.8, 4) is 0 Å². The van der Waals surface area contributed by atoms with Gasteiger partial charge in [0.25, 0.3) is 0 Å². The zero-order chi connectivity index (χ0) is 11.4. The molecule has 0 saturated heterocycles. The normalized spacial score (nSPS) is 21.9. The third-order valence-corrected chi connectivity index (χ3v) is 3.75. The van der Waals surface area contributed by atoms with Crippen LogP contribution in [0.3, 0.4) is 0 Å². The average molecular weight is 223 g/mol. The molecule has 0 aromatic carbocycles. The molecule has 1 saturated carbocycles. The molecule has 1 N–H and O–H groups in total. The second-order valence-electron chi connectivity index (χ2n) is 4.57. The summed E-state index contributed by atoms with van der Waals surface area (Å²) < 4.78 is 11.4. The first-order valence-electron chi connectivity index (χ1n) is 6.08. The van der Waals surface area contributed by atoms with Gasteiger partial charge in [0.2, 0.25) is 0 Å². The lowest BCUT2D eigenvalue weighted by Crippen LogP contribution is -2.45. The highest BCUT2D eigenvalue weighted by Gasteiger charge is 2.41. The Bertz CT molecular complexity index is 302. The van der Waals surface area contributed by atoms with E-state index >= 15 is 0 Å². The highest BCUT2D eigenvalue weighted by atomic mass is 16.5. The Labute approximate surface area is 97.2 Å². The minimum absolute atomic E-state index is 0.0924. The van der Waals surface area contributed by atoms with Gasteiger partial charge < -0.3 is 14.5 Å². The van der Waals surface area contributed by atoms with Crippen molar-refractivity contribution in [2.45, 2.75) is 43.7 Å². The minimum Gasteiger partial charge on any atom is -0.468 e. The summed E-state index contributed by atoms with van der Waals surface area (Å²) in [6.45, 7) is 0. The molecule has 1 atom stereocenters. The molecule has 2 rings (SSSR count). The predicted molar refractivity (Wildman–Crippen MR) is 63.3 cm³/mol. The Balaban J connectivity index is 2.23. The van der Waals surface area contributed by atoms with Gasteiger partial charge in [-0.15, -0.1) is 0 Å². The summed E-state index contributed by atoms with van der Waals surface area (Å²) in [5, 5.41) is 3.35. The van der Waals surface area contributed by atoms with Gasteiger partial charge in [-0.3, -0.25) is 0 Å². The number of furan rings is 1. The molecule has 0 bridgehead atoms. The van der Waals surface area contributed by atoms with E-state index in [0.717, 1.165) is 18.6 Å². The van der Waals surface area contributed by atoms with Crippen LogP contribution in [0.4, 0.5) is 0 Å². The van der Waals surface area contributed by atoms with Crippen molar-refractivity contribution in [2.24, 2.45) is 0 Å². The monoisotopic (exact) mass is 223 g/mol. The number of ether oxygens (including phenoxy) is 1. The maximum Gasteiger partial charge on any atom is 0.123 e. The molecular formula is C13H21NO2. The summed E-state index contributed by atoms with van der Waals surface area (Å²) >= 11 is 0. The lowest BCUT2D eigenvalue weighted by atomic mass is 9.78. The van der Waals surface area contributed by atoms with Gasteiger partial charge in [-0.05, 0) is 32.0 Å². The number of nitrogens with one attached hydrogen (secondary N) is 1. The van der Waals surface area contributed by atoms with Crippen LogP contribution in [0, 0.1) is 0 Å². The van der Waals surface area contributed by atoms with E-state index in [4.69, 9.17) is 9.15 Å². The van der Waals surface area contributed by atoms with Gasteiger partial charge in [-0.25, -0.2) is 0 Å². The minimum atomic E-state index is -0.0924. The Hall–Kier alpha value is -0.800. The first-order valence-corrected chi connectivity index (χ1v) is 6.08. The fraction of sp³-hybridized carbons (Fsp3) is 0.692. The lowest BCUT2D eigenvalue weighted by Gasteiger charge is -2.41. The second-order valence-corrected chi connectivity index (χ2v) is 4.57. The van der Waals surface area contributed by atoms with Gasteiger partial charge in [0.05, 0.1) is 17.9 Å². The molecule has 1 heterocycles. The van der Waals surface area contributed by atoms with E-state index in [1.807, 2.05) is 26.3 Å². The van der Waals surface area contributed by atoms with Crippen molar-refractivity contribution in [3.05, 3.63) is 24.2 Å². The van der Waals surface area contributed by atoms with Crippen molar-refractivity contribution in [1.82, 2.24) is 5.32 Å². The van der Waals surface area contributed by atoms with E-state index < -0.39 is 0 Å². The standard InChI is InChI=1S/C13H21NO2/c1-14-12(11-7-6-10-16-11)13(15-2)8-4-3-5-9-13/h6-7,10,12,14H,3-5,8-9H2,1-2H3. The van der Waals surface area contributed by atoms with Crippen LogP contribution in [0.5, 0.6) is 0 Å². The molecule has 0 radical (unpaired) electrons. The molecule has 1 aromatic heterocycles. The average Bonchev–Trinajstić information content (AvgIpc) is 2.85. The van der Waals surface area contributed by atoms with Gasteiger partial charge in [0.1, 0.15) is 5.76 Å². The van der Waals surface area contributed by atoms with Crippen LogP contribution in [-0.2, 0) is 4.74 Å². The summed E-state index contributed by atoms with van der Waals surface area (Å²) in [5.74, 6) is 0.978. The van der Waals surface area contributed by atoms with Crippen LogP contribution in [0.15, 0.2) is 22.8 Å². The van der Waals surface area contributed by atoms with E-state index in [-0.39, 0.29) is 11.6 Å². The van der Waals surface area contributed by atoms with E-state index in [2.05, 4.69) is 5.32 Å². The van der Waals surface area contributed by atoms with Gasteiger partial charge in [0.15, 0.2) is 0 Å². The van der Waals surface area contributed by atoms with Gasteiger partial charge in [-0.2, -0.15) is 0 Å². The summed E-state index contributed by atoms with van der Waals surface area (Å²) in [5.41, 5.74) is -0.0924. The number of rotatable bonds is 4. The molecule has 16 heavy (non-hydrogen) atoms. The zero-order valence-electron chi connectivity index (χ0n) is 10.2. The van der Waals surface area contributed by atoms with E-state index in [0.29, 0.717) is 0 Å². The molecule has 0 spiro atoms. The van der Waals surface area contributed by atoms with Crippen molar-refractivity contribution in [3.63, 3.8) is 0 Å². The number of methoxy groups -OCH3 is 1. The molecule has 1 unspecified atom stereocenters. The first-order chi connectivity index (χ1) is 7.82. The molecule has 1 aliphatic carbocycles. The van der Waals surface area contributed by atoms with Crippen molar-refractivity contribution in [1.29, 1.82) is 0 Å². The Kier molecular flexibility index (Phi) is 3.66. The third-order valence-electron chi connectivity index (χ3n) is 3.75. The summed E-state index contributed by atoms with van der Waals surface area (Å²) in [6.07, 6.45) is 7.75. The Morgan fingerprint density at radius 2 is 2.12 bits per heavy atom. The van der Waals surface area contributed by atoms with Crippen molar-refractivity contribution < 1.29 is 9.15 Å². The van der Waals surface area contributed by atoms with Crippen LogP contribution in [-0.4, -0.2) is 19.8 Å². The fourth-order valence-electron chi connectivity index (χ4n) is 2.88. The van der Waals surface area contributed by atoms with E-state index in [1.165, 1.54) is 19.3 Å². The predicted octanol–water partition coefficient (Wildman–Crippen LogP) is 2.89. The van der Waals surface area contributed by atoms with Crippen LogP contribution < -0.4 is 5.32 Å². The highest BCUT2D eigenvalue weighted by Crippen LogP contribution is 2.40. The third kappa shape index (κ3) is 2.02. The van der Waals surface area contributed by atoms with Gasteiger partial charge in [-0.1, -0.05) is 19.3 Å². The van der Waals surface area contributed by atoms with Crippen LogP contribution >= 0.6 is 0 Å². The van der Waals surface area contributed by atoms with Gasteiger partial charge >= 0.3 is 0 Å². The maximum absolute atomic E-state index is 5.83. The molecule has 3 nitrogen and oxygen atoms in total. The topological polar surface area (TPSA) is 34.4 Å². The van der Waals surface area contributed by atoms with Gasteiger partial charge in [0, 0.05) is 7.11 Å². The van der Waals surface area contributed by atoms with E-state index in [1.54, 1.807) is 6.26 Å². The van der Waals surface area contributed by atoms with Crippen LogP contribution in [0.2, 0.25) is 0 Å². The number of likely N-dealkylation sites (N-methyl/N-ethyl adjacent to an activating group) is 1. The van der Waals surface area contributed by atoms with Crippen LogP contribution in [0.1, 0.15) is 43.9 Å². The molecular weight excluding hydrogens is 202 g/mol. The van der Waals surface area contributed by atoms with Crippen LogP contribution in [0.25, 0.3) is 0 Å². The molecule has 1 fully saturated rings. The van der Waals surface area contributed by atoms with E-state index in [9.17, 15) is 0 Å². The SMILES string of the molecule is CNC(c1ccco1)C1(OC)CCCCC1. The summed E-state index contributed by atoms with van der Waals surface area (Å²) in [6, 6.07) is 4.12. The fourth-order valence-corrected chi connectivity index (χ4v) is 2.88. The largest absolute Gasteiger partial charge is 0.468 e. The Morgan fingerprint density at radius 1 is 1.38 bits per heavy atom. The first kappa shape index (κ1) is 11.7. The van der Waals surface area contributed by atoms with Crippen molar-refractivity contribution in [2.75, 3.05) is 14.2 Å². The number of hydrogen-bond acceptors (Lipinski definition) is 3. The smallest absolute Gasteiger partial charge is 0.123 e. The molecule has 1 aliphatic rings. The quantitative estimate of drug-likeness (QED) is 0.852. The zero-order valence-corrected chi connectivity index (χ0v) is 10.2. The lowest BCUT2D eigenvalue weighted by molar-refractivity contribution is -0.0716. The molecule has 1 aromatic rings. The number of hydrogen-bond donors (Lipinski definition) is 1. The molecule has 0 amide bonds. The summed E-state index contributed by atoms with van der Waals surface area (Å²) in [7, 11) is 3.79. The van der Waals surface area contributed by atoms with Crippen molar-refractivity contribution >= 4 is 0 Å². The molecule has 3 heteroatoms. The highest BCUT2D eigenvalue weighted by molar-refractivity contribution is 5.11. The summed E-state index contributed by atoms with van der Waals surface area (Å²) in [4.78, 5) is 0. The molecule has 0 aliphatic heterocycles. The maximum atomic E-state index is 5.83. The Morgan fingerprint density at radius 3 is 2.62 bits per heavy atom. The second kappa shape index (κ2) is 5.02. The molecule has 90 valence electrons.